The van der Waals surface area contributed by atoms with E-state index in [2.05, 4.69) is 17.2 Å². The summed E-state index contributed by atoms with van der Waals surface area (Å²) < 4.78 is 0. The van der Waals surface area contributed by atoms with E-state index >= 15 is 0 Å². The summed E-state index contributed by atoms with van der Waals surface area (Å²) in [5.41, 5.74) is 1.65. The van der Waals surface area contributed by atoms with Crippen LogP contribution in [0.2, 0.25) is 0 Å². The number of hydrogen-bond donors (Lipinski definition) is 1. The maximum absolute atomic E-state index is 11.2. The quantitative estimate of drug-likeness (QED) is 0.800. The third kappa shape index (κ3) is 2.64. The maximum Gasteiger partial charge on any atom is 0.161 e. The van der Waals surface area contributed by atoms with Crippen molar-refractivity contribution in [3.05, 3.63) is 29.8 Å². The molecule has 84 valence electrons. The third-order valence-corrected chi connectivity index (χ3v) is 3.33. The minimum absolute atomic E-state index is 0.0815. The number of rotatable bonds is 2. The van der Waals surface area contributed by atoms with Crippen LogP contribution in [0.25, 0.3) is 0 Å². The summed E-state index contributed by atoms with van der Waals surface area (Å²) in [6.45, 7) is 4.58. The standard InChI is InChI=1S/C12H14N2OS/c1-8-7-13-12(16-8)14-11-5-3-4-10(6-11)9(2)15/h3-6,8H,7H2,1-2H3,(H,13,14)/t8-/m1/s1. The highest BCUT2D eigenvalue weighted by Crippen LogP contribution is 2.22. The molecule has 1 aromatic carbocycles. The summed E-state index contributed by atoms with van der Waals surface area (Å²) in [5.74, 6) is 0.0815. The maximum atomic E-state index is 11.2. The van der Waals surface area contributed by atoms with Gasteiger partial charge in [0.25, 0.3) is 0 Å². The summed E-state index contributed by atoms with van der Waals surface area (Å²) in [4.78, 5) is 15.6. The fraction of sp³-hybridized carbons (Fsp3) is 0.333. The van der Waals surface area contributed by atoms with Crippen molar-refractivity contribution in [2.24, 2.45) is 4.99 Å². The van der Waals surface area contributed by atoms with Crippen molar-refractivity contribution in [2.75, 3.05) is 11.9 Å². The molecule has 0 fully saturated rings. The van der Waals surface area contributed by atoms with Crippen LogP contribution in [0.1, 0.15) is 24.2 Å². The largest absolute Gasteiger partial charge is 0.335 e. The number of anilines is 1. The third-order valence-electron chi connectivity index (χ3n) is 2.33. The number of nitrogens with zero attached hydrogens (tertiary/aromatic N) is 1. The van der Waals surface area contributed by atoms with Gasteiger partial charge < -0.3 is 5.32 Å². The summed E-state index contributed by atoms with van der Waals surface area (Å²) in [7, 11) is 0. The van der Waals surface area contributed by atoms with Crippen LogP contribution in [0, 0.1) is 0 Å². The number of ketones is 1. The summed E-state index contributed by atoms with van der Waals surface area (Å²) >= 11 is 1.73. The molecule has 3 nitrogen and oxygen atoms in total. The van der Waals surface area contributed by atoms with E-state index in [4.69, 9.17) is 0 Å². The van der Waals surface area contributed by atoms with Gasteiger partial charge in [0.15, 0.2) is 11.0 Å². The van der Waals surface area contributed by atoms with Crippen LogP contribution in [0.5, 0.6) is 0 Å². The molecule has 1 aliphatic heterocycles. The second-order valence-electron chi connectivity index (χ2n) is 3.84. The fourth-order valence-corrected chi connectivity index (χ4v) is 2.34. The Morgan fingerprint density at radius 2 is 2.38 bits per heavy atom. The fourth-order valence-electron chi connectivity index (χ4n) is 1.48. The molecule has 1 aromatic rings. The summed E-state index contributed by atoms with van der Waals surface area (Å²) in [6, 6.07) is 7.50. The van der Waals surface area contributed by atoms with Crippen LogP contribution in [0.15, 0.2) is 29.3 Å². The molecule has 0 aliphatic carbocycles. The molecule has 0 spiro atoms. The highest BCUT2D eigenvalue weighted by molar-refractivity contribution is 8.15. The number of amidine groups is 1. The first-order chi connectivity index (χ1) is 7.65. The van der Waals surface area contributed by atoms with Gasteiger partial charge in [0.05, 0.1) is 6.54 Å². The van der Waals surface area contributed by atoms with Gasteiger partial charge in [-0.15, -0.1) is 0 Å². The first-order valence-electron chi connectivity index (χ1n) is 5.24. The molecule has 0 bridgehead atoms. The van der Waals surface area contributed by atoms with Crippen molar-refractivity contribution < 1.29 is 4.79 Å². The van der Waals surface area contributed by atoms with Crippen LogP contribution in [-0.4, -0.2) is 22.7 Å². The Balaban J connectivity index is 2.10. The Labute approximate surface area is 99.3 Å². The van der Waals surface area contributed by atoms with Gasteiger partial charge in [0.1, 0.15) is 0 Å². The number of aliphatic imine (C=N–C) groups is 1. The van der Waals surface area contributed by atoms with Gasteiger partial charge in [-0.1, -0.05) is 30.8 Å². The molecule has 1 N–H and O–H groups in total. The Hall–Kier alpha value is -1.29. The Morgan fingerprint density at radius 3 is 3.00 bits per heavy atom. The molecule has 1 atom stereocenters. The average Bonchev–Trinajstić information content (AvgIpc) is 2.64. The van der Waals surface area contributed by atoms with Gasteiger partial charge >= 0.3 is 0 Å². The van der Waals surface area contributed by atoms with Crippen molar-refractivity contribution in [3.8, 4) is 0 Å². The number of carbonyl (C=O) groups excluding carboxylic acids is 1. The predicted octanol–water partition coefficient (Wildman–Crippen LogP) is 2.79. The molecular formula is C12H14N2OS. The van der Waals surface area contributed by atoms with Crippen molar-refractivity contribution in [2.45, 2.75) is 19.1 Å². The van der Waals surface area contributed by atoms with Crippen molar-refractivity contribution in [3.63, 3.8) is 0 Å². The van der Waals surface area contributed by atoms with E-state index in [0.717, 1.165) is 23.0 Å². The van der Waals surface area contributed by atoms with Crippen LogP contribution < -0.4 is 5.32 Å². The van der Waals surface area contributed by atoms with E-state index in [1.54, 1.807) is 18.7 Å². The van der Waals surface area contributed by atoms with E-state index in [0.29, 0.717) is 5.25 Å². The SMILES string of the molecule is CC(=O)c1cccc(NC2=NC[C@@H](C)S2)c1. The van der Waals surface area contributed by atoms with E-state index < -0.39 is 0 Å². The lowest BCUT2D eigenvalue weighted by molar-refractivity contribution is 0.101. The van der Waals surface area contributed by atoms with E-state index in [9.17, 15) is 4.79 Å². The zero-order valence-electron chi connectivity index (χ0n) is 9.36. The first-order valence-corrected chi connectivity index (χ1v) is 6.12. The van der Waals surface area contributed by atoms with Crippen molar-refractivity contribution >= 4 is 28.4 Å². The monoisotopic (exact) mass is 234 g/mol. The summed E-state index contributed by atoms with van der Waals surface area (Å²) in [5, 5.41) is 4.71. The van der Waals surface area contributed by atoms with Gasteiger partial charge in [0, 0.05) is 16.5 Å². The van der Waals surface area contributed by atoms with Crippen LogP contribution in [-0.2, 0) is 0 Å². The normalized spacial score (nSPS) is 19.4. The minimum atomic E-state index is 0.0815. The lowest BCUT2D eigenvalue weighted by atomic mass is 10.1. The Bertz CT molecular complexity index is 442. The zero-order chi connectivity index (χ0) is 11.5. The van der Waals surface area contributed by atoms with Crippen LogP contribution >= 0.6 is 11.8 Å². The molecule has 0 amide bonds. The molecule has 0 saturated carbocycles. The highest BCUT2D eigenvalue weighted by atomic mass is 32.2. The van der Waals surface area contributed by atoms with Gasteiger partial charge in [-0.05, 0) is 19.1 Å². The van der Waals surface area contributed by atoms with E-state index in [-0.39, 0.29) is 5.78 Å². The number of Topliss-reactive ketones (excluding diaryl/α,β-unsaturated/α-hetero) is 1. The molecule has 1 heterocycles. The molecule has 4 heteroatoms. The molecule has 16 heavy (non-hydrogen) atoms. The second kappa shape index (κ2) is 4.70. The van der Waals surface area contributed by atoms with Gasteiger partial charge in [-0.3, -0.25) is 9.79 Å². The van der Waals surface area contributed by atoms with Gasteiger partial charge in [-0.25, -0.2) is 0 Å². The molecule has 1 aliphatic rings. The molecule has 0 saturated heterocycles. The molecule has 0 unspecified atom stereocenters. The van der Waals surface area contributed by atoms with Gasteiger partial charge in [-0.2, -0.15) is 0 Å². The van der Waals surface area contributed by atoms with Crippen LogP contribution in [0.4, 0.5) is 5.69 Å². The average molecular weight is 234 g/mol. The minimum Gasteiger partial charge on any atom is -0.335 e. The predicted molar refractivity (Wildman–Crippen MR) is 69.4 cm³/mol. The first kappa shape index (κ1) is 11.2. The number of hydrogen-bond acceptors (Lipinski definition) is 4. The number of carbonyl (C=O) groups is 1. The van der Waals surface area contributed by atoms with Crippen molar-refractivity contribution in [1.29, 1.82) is 0 Å². The van der Waals surface area contributed by atoms with E-state index in [1.165, 1.54) is 0 Å². The second-order valence-corrected chi connectivity index (χ2v) is 5.26. The van der Waals surface area contributed by atoms with E-state index in [1.807, 2.05) is 24.3 Å². The molecular weight excluding hydrogens is 220 g/mol. The Morgan fingerprint density at radius 1 is 1.56 bits per heavy atom. The molecule has 0 aromatic heterocycles. The van der Waals surface area contributed by atoms with Gasteiger partial charge in [0.2, 0.25) is 0 Å². The smallest absolute Gasteiger partial charge is 0.161 e. The Kier molecular flexibility index (Phi) is 3.29. The van der Waals surface area contributed by atoms with Crippen LogP contribution in [0.3, 0.4) is 0 Å². The number of benzene rings is 1. The van der Waals surface area contributed by atoms with Crippen molar-refractivity contribution in [1.82, 2.24) is 0 Å². The number of nitrogens with one attached hydrogen (secondary N) is 1. The summed E-state index contributed by atoms with van der Waals surface area (Å²) in [6.07, 6.45) is 0. The lowest BCUT2D eigenvalue weighted by Gasteiger charge is -2.06. The molecule has 2 rings (SSSR count). The lowest BCUT2D eigenvalue weighted by Crippen LogP contribution is -2.06. The molecule has 0 radical (unpaired) electrons. The number of thioether (sulfide) groups is 1. The topological polar surface area (TPSA) is 41.5 Å². The zero-order valence-corrected chi connectivity index (χ0v) is 10.2. The highest BCUT2D eigenvalue weighted by Gasteiger charge is 2.14.